The van der Waals surface area contributed by atoms with Crippen molar-refractivity contribution in [2.45, 2.75) is 37.2 Å². The molecule has 1 atom stereocenters. The number of ether oxygens (including phenoxy) is 2. The number of amides is 2. The Morgan fingerprint density at radius 2 is 1.98 bits per heavy atom. The van der Waals surface area contributed by atoms with Crippen LogP contribution in [0.5, 0.6) is 5.75 Å². The van der Waals surface area contributed by atoms with Crippen LogP contribution in [-0.2, 0) is 22.4 Å². The average Bonchev–Trinajstić information content (AvgIpc) is 3.60. The number of nitrogens with zero attached hydrogens (tertiary/aromatic N) is 4. The second kappa shape index (κ2) is 8.87. The van der Waals surface area contributed by atoms with Crippen LogP contribution >= 0.6 is 0 Å². The molecule has 4 aliphatic heterocycles. The number of benzene rings is 1. The van der Waals surface area contributed by atoms with Crippen molar-refractivity contribution in [1.29, 1.82) is 0 Å². The van der Waals surface area contributed by atoms with E-state index in [1.165, 1.54) is 4.90 Å². The molecule has 208 valence electrons. The van der Waals surface area contributed by atoms with Gasteiger partial charge in [-0.15, -0.1) is 0 Å². The number of rotatable bonds is 4. The second-order valence-electron chi connectivity index (χ2n) is 11.6. The number of likely N-dealkylation sites (tertiary alicyclic amines) is 1. The van der Waals surface area contributed by atoms with Crippen molar-refractivity contribution >= 4 is 34.7 Å². The van der Waals surface area contributed by atoms with Crippen molar-refractivity contribution in [3.8, 4) is 5.75 Å². The molecule has 0 bridgehead atoms. The van der Waals surface area contributed by atoms with Gasteiger partial charge in [0.2, 0.25) is 5.89 Å². The largest absolute Gasteiger partial charge is 0.480 e. The second-order valence-corrected chi connectivity index (χ2v) is 11.6. The molecule has 0 radical (unpaired) electrons. The average molecular weight is 549 g/mol. The van der Waals surface area contributed by atoms with E-state index in [0.717, 1.165) is 50.3 Å². The fourth-order valence-corrected chi connectivity index (χ4v) is 6.65. The molecule has 0 saturated carbocycles. The fourth-order valence-electron chi connectivity index (χ4n) is 6.65. The number of oxazole rings is 1. The molecule has 1 aromatic carbocycles. The molecule has 12 heteroatoms. The van der Waals surface area contributed by atoms with Gasteiger partial charge in [-0.2, -0.15) is 0 Å². The molecule has 2 N–H and O–H groups in total. The van der Waals surface area contributed by atoms with Gasteiger partial charge >= 0.3 is 6.09 Å². The Kier molecular flexibility index (Phi) is 5.33. The molecule has 6 heterocycles. The van der Waals surface area contributed by atoms with Gasteiger partial charge in [-0.1, -0.05) is 0 Å². The topological polar surface area (TPSA) is 122 Å². The summed E-state index contributed by atoms with van der Waals surface area (Å²) in [7, 11) is 0. The smallest absolute Gasteiger partial charge is 0.416 e. The third-order valence-electron chi connectivity index (χ3n) is 8.96. The maximum Gasteiger partial charge on any atom is 0.416 e. The number of carbonyl (C=O) groups excluding carboxylic acids is 2. The lowest BCUT2D eigenvalue weighted by molar-refractivity contribution is -0.118. The van der Waals surface area contributed by atoms with Crippen molar-refractivity contribution in [2.24, 2.45) is 5.92 Å². The maximum atomic E-state index is 15.4. The molecule has 3 saturated heterocycles. The van der Waals surface area contributed by atoms with Gasteiger partial charge in [0.15, 0.2) is 29.6 Å². The summed E-state index contributed by atoms with van der Waals surface area (Å²) in [6, 6.07) is 5.43. The Morgan fingerprint density at radius 1 is 1.12 bits per heavy atom. The summed E-state index contributed by atoms with van der Waals surface area (Å²) in [5.74, 6) is 1.87. The molecule has 8 rings (SSSR count). The number of fused-ring (bicyclic) bond motifs is 3. The lowest BCUT2D eigenvalue weighted by atomic mass is 9.90. The summed E-state index contributed by atoms with van der Waals surface area (Å²) in [4.78, 5) is 37.5. The van der Waals surface area contributed by atoms with E-state index in [9.17, 15) is 9.59 Å². The minimum Gasteiger partial charge on any atom is -0.480 e. The first-order valence-electron chi connectivity index (χ1n) is 13.9. The van der Waals surface area contributed by atoms with Crippen LogP contribution in [-0.4, -0.2) is 78.3 Å². The van der Waals surface area contributed by atoms with Gasteiger partial charge in [0.25, 0.3) is 5.91 Å². The van der Waals surface area contributed by atoms with Crippen molar-refractivity contribution in [3.05, 3.63) is 41.0 Å². The van der Waals surface area contributed by atoms with Crippen LogP contribution in [0.4, 0.5) is 20.8 Å². The lowest BCUT2D eigenvalue weighted by Crippen LogP contribution is -2.48. The Labute approximate surface area is 229 Å². The first-order valence-corrected chi connectivity index (χ1v) is 13.9. The molecule has 2 amide bonds. The zero-order valence-electron chi connectivity index (χ0n) is 21.9. The molecule has 1 spiro atoms. The van der Waals surface area contributed by atoms with Gasteiger partial charge in [-0.25, -0.2) is 19.2 Å². The van der Waals surface area contributed by atoms with E-state index >= 15 is 4.39 Å². The van der Waals surface area contributed by atoms with Crippen LogP contribution in [0.25, 0.3) is 11.1 Å². The number of nitrogens with one attached hydrogen (secondary N) is 2. The van der Waals surface area contributed by atoms with Crippen molar-refractivity contribution in [3.63, 3.8) is 0 Å². The molecule has 1 unspecified atom stereocenters. The first kappa shape index (κ1) is 24.1. The number of piperidine rings is 1. The predicted octanol–water partition coefficient (Wildman–Crippen LogP) is 2.59. The minimum absolute atomic E-state index is 0.0500. The van der Waals surface area contributed by atoms with E-state index in [2.05, 4.69) is 25.5 Å². The van der Waals surface area contributed by atoms with E-state index < -0.39 is 11.7 Å². The van der Waals surface area contributed by atoms with Gasteiger partial charge in [0.1, 0.15) is 16.9 Å². The summed E-state index contributed by atoms with van der Waals surface area (Å²) in [6.07, 6.45) is 2.50. The summed E-state index contributed by atoms with van der Waals surface area (Å²) in [5.41, 5.74) is 2.14. The van der Waals surface area contributed by atoms with Gasteiger partial charge in [-0.3, -0.25) is 9.69 Å². The molecule has 3 aromatic rings. The molecular formula is C28H29FN6O5. The zero-order valence-corrected chi connectivity index (χ0v) is 21.9. The monoisotopic (exact) mass is 548 g/mol. The van der Waals surface area contributed by atoms with Crippen molar-refractivity contribution in [1.82, 2.24) is 20.2 Å². The number of carbonyl (C=O) groups is 2. The minimum atomic E-state index is -0.570. The highest BCUT2D eigenvalue weighted by molar-refractivity contribution is 5.95. The van der Waals surface area contributed by atoms with Crippen LogP contribution in [0, 0.1) is 11.7 Å². The zero-order chi connectivity index (χ0) is 27.0. The van der Waals surface area contributed by atoms with Crippen LogP contribution in [0.15, 0.2) is 22.6 Å². The Morgan fingerprint density at radius 3 is 2.77 bits per heavy atom. The highest BCUT2D eigenvalue weighted by Gasteiger charge is 2.48. The molecule has 2 aromatic heterocycles. The highest BCUT2D eigenvalue weighted by Crippen LogP contribution is 2.39. The van der Waals surface area contributed by atoms with E-state index in [4.69, 9.17) is 13.9 Å². The number of aromatic nitrogens is 2. The first-order chi connectivity index (χ1) is 19.4. The number of pyridine rings is 1. The molecule has 5 aliphatic rings. The quantitative estimate of drug-likeness (QED) is 0.507. The van der Waals surface area contributed by atoms with E-state index in [-0.39, 0.29) is 29.8 Å². The normalized spacial score (nSPS) is 24.0. The van der Waals surface area contributed by atoms with Gasteiger partial charge in [0.05, 0.1) is 12.5 Å². The third kappa shape index (κ3) is 3.92. The molecule has 1 aliphatic carbocycles. The van der Waals surface area contributed by atoms with Gasteiger partial charge < -0.3 is 29.4 Å². The Hall–Kier alpha value is -3.77. The summed E-state index contributed by atoms with van der Waals surface area (Å²) in [5, 5.41) is 5.89. The highest BCUT2D eigenvalue weighted by atomic mass is 19.1. The number of anilines is 2. The standard InChI is InChI=1S/C28H29FN6O5/c29-23-18-8-15(7-16(18)9-19-24(23)39-26(31-19)17-10-30-11-17)12-34-5-3-28(4-6-34)14-35(27(37)40-28)21-2-1-20-25(32-21)33-22(36)13-38-20/h1-2,9,15,17,30H,3-8,10-14H2,(H,32,33,36). The molecule has 40 heavy (non-hydrogen) atoms. The van der Waals surface area contributed by atoms with Crippen LogP contribution < -0.4 is 20.3 Å². The summed E-state index contributed by atoms with van der Waals surface area (Å²) >= 11 is 0. The SMILES string of the molecule is O=C1COc2ccc(N3CC4(CCN(CC5Cc6cc7nc(C8CNC8)oc7c(F)c6C5)CC4)OC3=O)nc2N1. The van der Waals surface area contributed by atoms with E-state index in [1.807, 2.05) is 6.07 Å². The fraction of sp³-hybridized carbons (Fsp3) is 0.500. The van der Waals surface area contributed by atoms with Gasteiger partial charge in [-0.05, 0) is 48.1 Å². The number of hydrogen-bond acceptors (Lipinski definition) is 9. The number of hydrogen-bond donors (Lipinski definition) is 2. The Balaban J connectivity index is 0.905. The van der Waals surface area contributed by atoms with E-state index in [1.54, 1.807) is 12.1 Å². The van der Waals surface area contributed by atoms with Crippen LogP contribution in [0.1, 0.15) is 35.8 Å². The molecular weight excluding hydrogens is 519 g/mol. The van der Waals surface area contributed by atoms with Crippen LogP contribution in [0.2, 0.25) is 0 Å². The van der Waals surface area contributed by atoms with Crippen molar-refractivity contribution < 1.29 is 27.9 Å². The summed E-state index contributed by atoms with van der Waals surface area (Å²) < 4.78 is 32.5. The van der Waals surface area contributed by atoms with Crippen molar-refractivity contribution in [2.75, 3.05) is 56.1 Å². The number of halogens is 1. The maximum absolute atomic E-state index is 15.4. The Bertz CT molecular complexity index is 1550. The summed E-state index contributed by atoms with van der Waals surface area (Å²) in [6.45, 7) is 4.45. The van der Waals surface area contributed by atoms with Crippen LogP contribution in [0.3, 0.4) is 0 Å². The van der Waals surface area contributed by atoms with Gasteiger partial charge in [0, 0.05) is 45.6 Å². The third-order valence-corrected chi connectivity index (χ3v) is 8.96. The molecule has 3 fully saturated rings. The molecule has 11 nitrogen and oxygen atoms in total. The lowest BCUT2D eigenvalue weighted by Gasteiger charge is -2.38. The van der Waals surface area contributed by atoms with E-state index in [0.29, 0.717) is 60.5 Å². The predicted molar refractivity (Wildman–Crippen MR) is 141 cm³/mol.